The molecule has 1 amide bonds. The molecule has 0 unspecified atom stereocenters. The third-order valence-corrected chi connectivity index (χ3v) is 3.85. The zero-order valence-electron chi connectivity index (χ0n) is 12.4. The lowest BCUT2D eigenvalue weighted by molar-refractivity contribution is -0.125. The Balaban J connectivity index is 1.86. The van der Waals surface area contributed by atoms with Crippen LogP contribution in [0.2, 0.25) is 0 Å². The Bertz CT molecular complexity index is 481. The Labute approximate surface area is 125 Å². The first-order valence-corrected chi connectivity index (χ1v) is 7.25. The molecule has 21 heavy (non-hydrogen) atoms. The molecule has 0 aliphatic carbocycles. The highest BCUT2D eigenvalue weighted by molar-refractivity contribution is 5.81. The number of rotatable bonds is 5. The molecule has 1 N–H and O–H groups in total. The third-order valence-electron chi connectivity index (χ3n) is 3.85. The lowest BCUT2D eigenvalue weighted by atomic mass is 10.2. The molecule has 1 heterocycles. The second-order valence-electron chi connectivity index (χ2n) is 5.21. The average Bonchev–Trinajstić information content (AvgIpc) is 2.53. The van der Waals surface area contributed by atoms with Gasteiger partial charge in [0.15, 0.2) is 0 Å². The fourth-order valence-electron chi connectivity index (χ4n) is 2.51. The van der Waals surface area contributed by atoms with Crippen molar-refractivity contribution in [1.82, 2.24) is 10.2 Å². The topological polar surface area (TPSA) is 35.6 Å². The van der Waals surface area contributed by atoms with E-state index in [1.165, 1.54) is 12.1 Å². The van der Waals surface area contributed by atoms with Crippen molar-refractivity contribution in [3.8, 4) is 0 Å². The van der Waals surface area contributed by atoms with Crippen molar-refractivity contribution in [2.45, 2.75) is 13.0 Å². The maximum absolute atomic E-state index is 12.9. The normalized spacial score (nSPS) is 17.3. The van der Waals surface area contributed by atoms with Gasteiger partial charge in [-0.15, -0.1) is 6.58 Å². The molecule has 1 aromatic carbocycles. The molecule has 0 aromatic heterocycles. The summed E-state index contributed by atoms with van der Waals surface area (Å²) >= 11 is 0. The molecule has 0 spiro atoms. The Morgan fingerprint density at radius 1 is 1.33 bits per heavy atom. The molecular weight excluding hydrogens is 269 g/mol. The first-order chi connectivity index (χ1) is 10.1. The van der Waals surface area contributed by atoms with Crippen molar-refractivity contribution in [1.29, 1.82) is 0 Å². The number of hydrogen-bond acceptors (Lipinski definition) is 3. The molecule has 1 aliphatic rings. The molecule has 5 heteroatoms. The van der Waals surface area contributed by atoms with Gasteiger partial charge in [0, 0.05) is 38.4 Å². The summed E-state index contributed by atoms with van der Waals surface area (Å²) in [6.07, 6.45) is 1.68. The number of piperazine rings is 1. The Morgan fingerprint density at radius 3 is 2.52 bits per heavy atom. The van der Waals surface area contributed by atoms with Gasteiger partial charge in [-0.3, -0.25) is 9.69 Å². The van der Waals surface area contributed by atoms with Gasteiger partial charge in [0.2, 0.25) is 5.91 Å². The Morgan fingerprint density at radius 2 is 1.95 bits per heavy atom. The van der Waals surface area contributed by atoms with E-state index in [4.69, 9.17) is 0 Å². The van der Waals surface area contributed by atoms with Gasteiger partial charge in [-0.2, -0.15) is 0 Å². The van der Waals surface area contributed by atoms with Crippen molar-refractivity contribution >= 4 is 11.6 Å². The molecule has 0 bridgehead atoms. The van der Waals surface area contributed by atoms with Crippen molar-refractivity contribution in [3.05, 3.63) is 42.7 Å². The maximum atomic E-state index is 12.9. The van der Waals surface area contributed by atoms with Gasteiger partial charge in [0.25, 0.3) is 0 Å². The van der Waals surface area contributed by atoms with Crippen LogP contribution in [0.15, 0.2) is 36.9 Å². The predicted octanol–water partition coefficient (Wildman–Crippen LogP) is 1.64. The van der Waals surface area contributed by atoms with Gasteiger partial charge in [-0.25, -0.2) is 4.39 Å². The summed E-state index contributed by atoms with van der Waals surface area (Å²) in [6, 6.07) is 6.41. The first kappa shape index (κ1) is 15.5. The molecule has 1 aromatic rings. The number of benzene rings is 1. The van der Waals surface area contributed by atoms with E-state index >= 15 is 0 Å². The smallest absolute Gasteiger partial charge is 0.237 e. The van der Waals surface area contributed by atoms with Crippen LogP contribution >= 0.6 is 0 Å². The summed E-state index contributed by atoms with van der Waals surface area (Å²) in [4.78, 5) is 16.3. The molecule has 2 rings (SSSR count). The van der Waals surface area contributed by atoms with E-state index in [1.807, 2.05) is 6.92 Å². The van der Waals surface area contributed by atoms with Gasteiger partial charge in [-0.1, -0.05) is 6.08 Å². The van der Waals surface area contributed by atoms with Crippen molar-refractivity contribution in [2.75, 3.05) is 37.6 Å². The summed E-state index contributed by atoms with van der Waals surface area (Å²) in [7, 11) is 0. The van der Waals surface area contributed by atoms with Crippen LogP contribution in [-0.2, 0) is 4.79 Å². The summed E-state index contributed by atoms with van der Waals surface area (Å²) in [6.45, 7) is 9.33. The van der Waals surface area contributed by atoms with Gasteiger partial charge in [-0.05, 0) is 31.2 Å². The number of halogens is 1. The van der Waals surface area contributed by atoms with E-state index in [2.05, 4.69) is 21.7 Å². The van der Waals surface area contributed by atoms with E-state index < -0.39 is 0 Å². The van der Waals surface area contributed by atoms with Crippen molar-refractivity contribution < 1.29 is 9.18 Å². The van der Waals surface area contributed by atoms with Crippen LogP contribution in [0.3, 0.4) is 0 Å². The average molecular weight is 291 g/mol. The molecule has 1 atom stereocenters. The summed E-state index contributed by atoms with van der Waals surface area (Å²) in [5.41, 5.74) is 1.03. The Kier molecular flexibility index (Phi) is 5.33. The summed E-state index contributed by atoms with van der Waals surface area (Å²) in [5, 5.41) is 2.82. The second-order valence-corrected chi connectivity index (χ2v) is 5.21. The monoisotopic (exact) mass is 291 g/mol. The maximum Gasteiger partial charge on any atom is 0.237 e. The van der Waals surface area contributed by atoms with Crippen LogP contribution in [0, 0.1) is 5.82 Å². The number of anilines is 1. The van der Waals surface area contributed by atoms with Crippen LogP contribution in [0.25, 0.3) is 0 Å². The lowest BCUT2D eigenvalue weighted by Gasteiger charge is -2.38. The minimum Gasteiger partial charge on any atom is -0.369 e. The fraction of sp³-hybridized carbons (Fsp3) is 0.438. The van der Waals surface area contributed by atoms with E-state index in [9.17, 15) is 9.18 Å². The van der Waals surface area contributed by atoms with Crippen LogP contribution in [0.5, 0.6) is 0 Å². The van der Waals surface area contributed by atoms with Crippen molar-refractivity contribution in [2.24, 2.45) is 0 Å². The van der Waals surface area contributed by atoms with E-state index in [0.717, 1.165) is 31.9 Å². The highest BCUT2D eigenvalue weighted by atomic mass is 19.1. The molecule has 1 saturated heterocycles. The van der Waals surface area contributed by atoms with Gasteiger partial charge in [0.1, 0.15) is 5.82 Å². The highest BCUT2D eigenvalue weighted by Gasteiger charge is 2.25. The van der Waals surface area contributed by atoms with E-state index in [1.54, 1.807) is 18.2 Å². The molecule has 0 radical (unpaired) electrons. The van der Waals surface area contributed by atoms with Crippen LogP contribution < -0.4 is 10.2 Å². The molecule has 1 fully saturated rings. The summed E-state index contributed by atoms with van der Waals surface area (Å²) in [5.74, 6) is -0.185. The number of hydrogen-bond donors (Lipinski definition) is 1. The fourth-order valence-corrected chi connectivity index (χ4v) is 2.51. The number of carbonyl (C=O) groups is 1. The van der Waals surface area contributed by atoms with E-state index in [-0.39, 0.29) is 17.8 Å². The predicted molar refractivity (Wildman–Crippen MR) is 82.9 cm³/mol. The molecular formula is C16H22FN3O. The largest absolute Gasteiger partial charge is 0.369 e. The van der Waals surface area contributed by atoms with Gasteiger partial charge < -0.3 is 10.2 Å². The van der Waals surface area contributed by atoms with Crippen LogP contribution in [0.4, 0.5) is 10.1 Å². The third kappa shape index (κ3) is 4.04. The Hall–Kier alpha value is -1.88. The zero-order valence-corrected chi connectivity index (χ0v) is 12.4. The van der Waals surface area contributed by atoms with Crippen LogP contribution in [0.1, 0.15) is 6.92 Å². The molecule has 114 valence electrons. The highest BCUT2D eigenvalue weighted by Crippen LogP contribution is 2.17. The van der Waals surface area contributed by atoms with Gasteiger partial charge >= 0.3 is 0 Å². The standard InChI is InChI=1S/C16H22FN3O/c1-3-8-18-16(21)13(2)19-9-11-20(12-10-19)15-6-4-14(17)5-7-15/h3-7,13H,1,8-12H2,2H3,(H,18,21)/t13-/m1/s1. The second kappa shape index (κ2) is 7.22. The van der Waals surface area contributed by atoms with Crippen LogP contribution in [-0.4, -0.2) is 49.6 Å². The lowest BCUT2D eigenvalue weighted by Crippen LogP contribution is -2.54. The molecule has 1 aliphatic heterocycles. The first-order valence-electron chi connectivity index (χ1n) is 7.25. The summed E-state index contributed by atoms with van der Waals surface area (Å²) < 4.78 is 12.9. The van der Waals surface area contributed by atoms with Gasteiger partial charge in [0.05, 0.1) is 6.04 Å². The number of amides is 1. The minimum atomic E-state index is -0.218. The number of nitrogens with zero attached hydrogens (tertiary/aromatic N) is 2. The quantitative estimate of drug-likeness (QED) is 0.838. The molecule has 0 saturated carbocycles. The minimum absolute atomic E-state index is 0.0325. The van der Waals surface area contributed by atoms with Crippen molar-refractivity contribution in [3.63, 3.8) is 0 Å². The number of nitrogens with one attached hydrogen (secondary N) is 1. The molecule has 4 nitrogen and oxygen atoms in total. The number of carbonyl (C=O) groups excluding carboxylic acids is 1. The van der Waals surface area contributed by atoms with E-state index in [0.29, 0.717) is 6.54 Å². The zero-order chi connectivity index (χ0) is 15.2. The SMILES string of the molecule is C=CCNC(=O)[C@@H](C)N1CCN(c2ccc(F)cc2)CC1.